The third kappa shape index (κ3) is 2.33. The summed E-state index contributed by atoms with van der Waals surface area (Å²) in [6.45, 7) is 1.83. The van der Waals surface area contributed by atoms with Crippen molar-refractivity contribution >= 4 is 11.6 Å². The van der Waals surface area contributed by atoms with Crippen LogP contribution in [-0.4, -0.2) is 19.5 Å². The molecule has 0 aliphatic rings. The SMILES string of the molecule is Cc1nc(Cl)cc(Cc2nccn2C)n1. The predicted molar refractivity (Wildman–Crippen MR) is 57.8 cm³/mol. The Morgan fingerprint density at radius 1 is 1.40 bits per heavy atom. The fourth-order valence-corrected chi connectivity index (χ4v) is 1.66. The number of hydrogen-bond acceptors (Lipinski definition) is 3. The lowest BCUT2D eigenvalue weighted by Gasteiger charge is -2.02. The summed E-state index contributed by atoms with van der Waals surface area (Å²) in [5.74, 6) is 1.65. The van der Waals surface area contributed by atoms with Gasteiger partial charge in [-0.1, -0.05) is 11.6 Å². The Labute approximate surface area is 93.0 Å². The molecule has 4 nitrogen and oxygen atoms in total. The van der Waals surface area contributed by atoms with E-state index in [4.69, 9.17) is 11.6 Å². The first-order valence-corrected chi connectivity index (χ1v) is 4.99. The van der Waals surface area contributed by atoms with E-state index in [0.29, 0.717) is 17.4 Å². The van der Waals surface area contributed by atoms with Crippen LogP contribution in [0.25, 0.3) is 0 Å². The predicted octanol–water partition coefficient (Wildman–Crippen LogP) is 1.76. The molecule has 0 aromatic carbocycles. The number of halogens is 1. The highest BCUT2D eigenvalue weighted by Crippen LogP contribution is 2.10. The molecule has 2 rings (SSSR count). The molecule has 0 spiro atoms. The Hall–Kier alpha value is -1.42. The molecule has 15 heavy (non-hydrogen) atoms. The van der Waals surface area contributed by atoms with Crippen LogP contribution < -0.4 is 0 Å². The topological polar surface area (TPSA) is 43.6 Å². The van der Waals surface area contributed by atoms with E-state index in [9.17, 15) is 0 Å². The first kappa shape index (κ1) is 10.1. The lowest BCUT2D eigenvalue weighted by Crippen LogP contribution is -2.02. The number of hydrogen-bond donors (Lipinski definition) is 0. The van der Waals surface area contributed by atoms with Crippen LogP contribution in [0.1, 0.15) is 17.3 Å². The van der Waals surface area contributed by atoms with Crippen LogP contribution in [0, 0.1) is 6.92 Å². The Balaban J connectivity index is 2.28. The molecule has 0 N–H and O–H groups in total. The molecule has 0 bridgehead atoms. The van der Waals surface area contributed by atoms with Gasteiger partial charge in [0, 0.05) is 25.9 Å². The van der Waals surface area contributed by atoms with Crippen molar-refractivity contribution in [2.45, 2.75) is 13.3 Å². The minimum atomic E-state index is 0.478. The van der Waals surface area contributed by atoms with Crippen molar-refractivity contribution in [1.29, 1.82) is 0 Å². The fraction of sp³-hybridized carbons (Fsp3) is 0.300. The Morgan fingerprint density at radius 3 is 2.80 bits per heavy atom. The molecule has 0 aliphatic heterocycles. The van der Waals surface area contributed by atoms with Crippen LogP contribution in [0.2, 0.25) is 5.15 Å². The van der Waals surface area contributed by atoms with E-state index in [0.717, 1.165) is 11.5 Å². The molecule has 0 amide bonds. The fourth-order valence-electron chi connectivity index (χ4n) is 1.41. The number of imidazole rings is 1. The summed E-state index contributed by atoms with van der Waals surface area (Å²) in [6, 6.07) is 1.77. The lowest BCUT2D eigenvalue weighted by atomic mass is 10.3. The van der Waals surface area contributed by atoms with Gasteiger partial charge >= 0.3 is 0 Å². The Bertz CT molecular complexity index is 458. The lowest BCUT2D eigenvalue weighted by molar-refractivity contribution is 0.805. The maximum absolute atomic E-state index is 5.85. The zero-order valence-corrected chi connectivity index (χ0v) is 9.36. The number of rotatable bonds is 2. The third-order valence-electron chi connectivity index (χ3n) is 2.12. The third-order valence-corrected chi connectivity index (χ3v) is 2.31. The number of aromatic nitrogens is 4. The zero-order valence-electron chi connectivity index (χ0n) is 8.61. The molecular formula is C10H11ClN4. The van der Waals surface area contributed by atoms with Gasteiger partial charge in [-0.05, 0) is 13.0 Å². The van der Waals surface area contributed by atoms with Crippen molar-refractivity contribution in [1.82, 2.24) is 19.5 Å². The highest BCUT2D eigenvalue weighted by molar-refractivity contribution is 6.29. The summed E-state index contributed by atoms with van der Waals surface area (Å²) >= 11 is 5.85. The molecule has 0 unspecified atom stereocenters. The van der Waals surface area contributed by atoms with E-state index in [1.165, 1.54) is 0 Å². The summed E-state index contributed by atoms with van der Waals surface area (Å²) in [5.41, 5.74) is 0.891. The molecule has 0 aliphatic carbocycles. The molecule has 2 aromatic rings. The van der Waals surface area contributed by atoms with Gasteiger partial charge in [-0.2, -0.15) is 0 Å². The molecule has 0 radical (unpaired) electrons. The smallest absolute Gasteiger partial charge is 0.133 e. The van der Waals surface area contributed by atoms with Crippen molar-refractivity contribution in [2.24, 2.45) is 7.05 Å². The van der Waals surface area contributed by atoms with Gasteiger partial charge in [0.05, 0.1) is 5.69 Å². The molecule has 0 atom stereocenters. The molecule has 2 aromatic heterocycles. The first-order valence-electron chi connectivity index (χ1n) is 4.61. The van der Waals surface area contributed by atoms with E-state index >= 15 is 0 Å². The molecule has 2 heterocycles. The zero-order chi connectivity index (χ0) is 10.8. The number of nitrogens with zero attached hydrogens (tertiary/aromatic N) is 4. The van der Waals surface area contributed by atoms with Gasteiger partial charge in [-0.3, -0.25) is 0 Å². The van der Waals surface area contributed by atoms with Gasteiger partial charge in [0.2, 0.25) is 0 Å². The van der Waals surface area contributed by atoms with Gasteiger partial charge in [-0.25, -0.2) is 15.0 Å². The van der Waals surface area contributed by atoms with E-state index in [1.807, 2.05) is 24.7 Å². The molecule has 0 saturated heterocycles. The summed E-state index contributed by atoms with van der Waals surface area (Å²) in [7, 11) is 1.96. The van der Waals surface area contributed by atoms with Crippen molar-refractivity contribution < 1.29 is 0 Å². The standard InChI is InChI=1S/C10H11ClN4/c1-7-13-8(5-9(11)14-7)6-10-12-3-4-15(10)2/h3-5H,6H2,1-2H3. The first-order chi connectivity index (χ1) is 7.15. The second-order valence-electron chi connectivity index (χ2n) is 3.36. The van der Waals surface area contributed by atoms with Crippen molar-refractivity contribution in [3.05, 3.63) is 41.0 Å². The highest BCUT2D eigenvalue weighted by atomic mass is 35.5. The van der Waals surface area contributed by atoms with Gasteiger partial charge in [-0.15, -0.1) is 0 Å². The summed E-state index contributed by atoms with van der Waals surface area (Å²) in [6.07, 6.45) is 4.35. The second-order valence-corrected chi connectivity index (χ2v) is 3.75. The molecule has 0 saturated carbocycles. The second kappa shape index (κ2) is 3.98. The molecule has 78 valence electrons. The van der Waals surface area contributed by atoms with Crippen LogP contribution >= 0.6 is 11.6 Å². The Morgan fingerprint density at radius 2 is 2.20 bits per heavy atom. The van der Waals surface area contributed by atoms with Crippen LogP contribution in [0.3, 0.4) is 0 Å². The average Bonchev–Trinajstić information content (AvgIpc) is 2.50. The molecule has 0 fully saturated rings. The minimum Gasteiger partial charge on any atom is -0.338 e. The quantitative estimate of drug-likeness (QED) is 0.728. The van der Waals surface area contributed by atoms with Gasteiger partial charge in [0.15, 0.2) is 0 Å². The maximum Gasteiger partial charge on any atom is 0.133 e. The molecule has 5 heteroatoms. The normalized spacial score (nSPS) is 10.6. The highest BCUT2D eigenvalue weighted by Gasteiger charge is 2.04. The summed E-state index contributed by atoms with van der Waals surface area (Å²) < 4.78 is 1.96. The minimum absolute atomic E-state index is 0.478. The van der Waals surface area contributed by atoms with Crippen LogP contribution in [0.5, 0.6) is 0 Å². The summed E-state index contributed by atoms with van der Waals surface area (Å²) in [5, 5.41) is 0.478. The van der Waals surface area contributed by atoms with Gasteiger partial charge in [0.1, 0.15) is 16.8 Å². The molecular weight excluding hydrogens is 212 g/mol. The average molecular weight is 223 g/mol. The monoisotopic (exact) mass is 222 g/mol. The van der Waals surface area contributed by atoms with Crippen LogP contribution in [0.15, 0.2) is 18.5 Å². The number of aryl methyl sites for hydroxylation is 2. The largest absolute Gasteiger partial charge is 0.338 e. The van der Waals surface area contributed by atoms with Gasteiger partial charge in [0.25, 0.3) is 0 Å². The van der Waals surface area contributed by atoms with Crippen LogP contribution in [0.4, 0.5) is 0 Å². The van der Waals surface area contributed by atoms with E-state index < -0.39 is 0 Å². The Kier molecular flexibility index (Phi) is 2.68. The van der Waals surface area contributed by atoms with Crippen molar-refractivity contribution in [3.8, 4) is 0 Å². The van der Waals surface area contributed by atoms with Crippen LogP contribution in [-0.2, 0) is 13.5 Å². The van der Waals surface area contributed by atoms with E-state index in [1.54, 1.807) is 12.3 Å². The van der Waals surface area contributed by atoms with Crippen molar-refractivity contribution in [2.75, 3.05) is 0 Å². The van der Waals surface area contributed by atoms with Gasteiger partial charge < -0.3 is 4.57 Å². The summed E-state index contributed by atoms with van der Waals surface area (Å²) in [4.78, 5) is 12.5. The maximum atomic E-state index is 5.85. The van der Waals surface area contributed by atoms with E-state index in [2.05, 4.69) is 15.0 Å². The van der Waals surface area contributed by atoms with Crippen molar-refractivity contribution in [3.63, 3.8) is 0 Å². The van der Waals surface area contributed by atoms with E-state index in [-0.39, 0.29) is 0 Å².